The van der Waals surface area contributed by atoms with Crippen LogP contribution in [0.15, 0.2) is 47.6 Å². The molecule has 0 radical (unpaired) electrons. The van der Waals surface area contributed by atoms with Gasteiger partial charge in [-0.05, 0) is 25.1 Å². The van der Waals surface area contributed by atoms with E-state index in [1.54, 1.807) is 30.6 Å². The van der Waals surface area contributed by atoms with Crippen LogP contribution in [-0.4, -0.2) is 54.1 Å². The highest BCUT2D eigenvalue weighted by atomic mass is 32.2. The highest BCUT2D eigenvalue weighted by Crippen LogP contribution is 2.38. The number of hydrogen-bond donors (Lipinski definition) is 0. The van der Waals surface area contributed by atoms with E-state index in [1.165, 1.54) is 4.31 Å². The molecule has 0 aliphatic carbocycles. The first-order chi connectivity index (χ1) is 12.5. The molecule has 0 N–H and O–H groups in total. The van der Waals surface area contributed by atoms with E-state index in [2.05, 4.69) is 9.97 Å². The maximum Gasteiger partial charge on any atom is 0.316 e. The maximum absolute atomic E-state index is 12.7. The van der Waals surface area contributed by atoms with E-state index in [1.807, 2.05) is 19.1 Å². The Labute approximate surface area is 153 Å². The third-order valence-corrected chi connectivity index (χ3v) is 6.66. The molecule has 2 aliphatic heterocycles. The second kappa shape index (κ2) is 6.61. The second-order valence-electron chi connectivity index (χ2n) is 6.88. The van der Waals surface area contributed by atoms with E-state index < -0.39 is 15.6 Å². The van der Waals surface area contributed by atoms with Gasteiger partial charge in [0.2, 0.25) is 10.0 Å². The van der Waals surface area contributed by atoms with Crippen LogP contribution in [-0.2, 0) is 14.8 Å². The van der Waals surface area contributed by atoms with Crippen LogP contribution in [0.1, 0.15) is 18.4 Å². The quantitative estimate of drug-likeness (QED) is 0.810. The Morgan fingerprint density at radius 2 is 1.88 bits per heavy atom. The lowest BCUT2D eigenvalue weighted by Gasteiger charge is -2.51. The van der Waals surface area contributed by atoms with Crippen LogP contribution in [0.25, 0.3) is 0 Å². The first-order valence-corrected chi connectivity index (χ1v) is 10.1. The third kappa shape index (κ3) is 3.32. The van der Waals surface area contributed by atoms with Crippen LogP contribution in [0.3, 0.4) is 0 Å². The summed E-state index contributed by atoms with van der Waals surface area (Å²) in [4.78, 5) is 8.49. The van der Waals surface area contributed by atoms with Gasteiger partial charge in [0.15, 0.2) is 0 Å². The number of aromatic nitrogens is 2. The van der Waals surface area contributed by atoms with Crippen LogP contribution in [0.2, 0.25) is 0 Å². The fraction of sp³-hybridized carbons (Fsp3) is 0.444. The summed E-state index contributed by atoms with van der Waals surface area (Å²) in [6.07, 6.45) is 4.57. The fourth-order valence-electron chi connectivity index (χ4n) is 3.42. The molecule has 0 amide bonds. The summed E-state index contributed by atoms with van der Waals surface area (Å²) in [5.41, 5.74) is 0.554. The molecule has 4 rings (SSSR count). The Morgan fingerprint density at radius 1 is 1.19 bits per heavy atom. The van der Waals surface area contributed by atoms with Gasteiger partial charge in [-0.3, -0.25) is 0 Å². The van der Waals surface area contributed by atoms with Gasteiger partial charge in [0, 0.05) is 38.3 Å². The Bertz CT molecular complexity index is 865. The second-order valence-corrected chi connectivity index (χ2v) is 8.82. The molecule has 2 aliphatic rings. The summed E-state index contributed by atoms with van der Waals surface area (Å²) in [5.74, 6) is 0. The summed E-state index contributed by atoms with van der Waals surface area (Å²) in [6.45, 7) is 3.16. The van der Waals surface area contributed by atoms with Crippen LogP contribution in [0.5, 0.6) is 6.01 Å². The highest BCUT2D eigenvalue weighted by Gasteiger charge is 2.52. The smallest absolute Gasteiger partial charge is 0.316 e. The predicted molar refractivity (Wildman–Crippen MR) is 94.3 cm³/mol. The van der Waals surface area contributed by atoms with Crippen molar-refractivity contribution in [3.8, 4) is 6.01 Å². The molecule has 3 heterocycles. The summed E-state index contributed by atoms with van der Waals surface area (Å²) in [5, 5.41) is 0. The Hall–Kier alpha value is -2.03. The summed E-state index contributed by atoms with van der Waals surface area (Å²) in [7, 11) is -3.48. The number of benzene rings is 1. The van der Waals surface area contributed by atoms with Gasteiger partial charge in [0.1, 0.15) is 6.10 Å². The van der Waals surface area contributed by atoms with Gasteiger partial charge in [0.05, 0.1) is 17.1 Å². The van der Waals surface area contributed by atoms with Gasteiger partial charge in [-0.15, -0.1) is 0 Å². The van der Waals surface area contributed by atoms with Gasteiger partial charge in [-0.25, -0.2) is 18.4 Å². The normalized spacial score (nSPS) is 22.7. The van der Waals surface area contributed by atoms with E-state index >= 15 is 0 Å². The molecule has 0 unspecified atom stereocenters. The maximum atomic E-state index is 12.7. The number of aryl methyl sites for hydroxylation is 1. The minimum Gasteiger partial charge on any atom is -0.460 e. The minimum atomic E-state index is -3.48. The van der Waals surface area contributed by atoms with Gasteiger partial charge in [-0.1, -0.05) is 17.7 Å². The average molecular weight is 375 g/mol. The van der Waals surface area contributed by atoms with Crippen molar-refractivity contribution in [1.82, 2.24) is 14.3 Å². The van der Waals surface area contributed by atoms with E-state index in [0.717, 1.165) is 12.0 Å². The number of sulfonamides is 1. The number of nitrogens with zero attached hydrogens (tertiary/aromatic N) is 3. The monoisotopic (exact) mass is 375 g/mol. The van der Waals surface area contributed by atoms with Gasteiger partial charge in [-0.2, -0.15) is 4.31 Å². The molecule has 2 saturated heterocycles. The molecule has 138 valence electrons. The Morgan fingerprint density at radius 3 is 2.58 bits per heavy atom. The summed E-state index contributed by atoms with van der Waals surface area (Å²) in [6, 6.07) is 8.99. The van der Waals surface area contributed by atoms with E-state index in [9.17, 15) is 8.42 Å². The summed E-state index contributed by atoms with van der Waals surface area (Å²) >= 11 is 0. The molecule has 0 bridgehead atoms. The van der Waals surface area contributed by atoms with Crippen LogP contribution in [0.4, 0.5) is 0 Å². The zero-order chi connectivity index (χ0) is 18.2. The zero-order valence-corrected chi connectivity index (χ0v) is 15.4. The zero-order valence-electron chi connectivity index (χ0n) is 14.5. The number of hydrogen-bond acceptors (Lipinski definition) is 6. The average Bonchev–Trinajstić information content (AvgIpc) is 2.61. The molecule has 1 spiro atoms. The predicted octanol–water partition coefficient (Wildman–Crippen LogP) is 1.79. The van der Waals surface area contributed by atoms with E-state index in [-0.39, 0.29) is 6.10 Å². The van der Waals surface area contributed by atoms with Crippen molar-refractivity contribution >= 4 is 10.0 Å². The van der Waals surface area contributed by atoms with Crippen molar-refractivity contribution in [1.29, 1.82) is 0 Å². The minimum absolute atomic E-state index is 0.0737. The number of rotatable bonds is 4. The van der Waals surface area contributed by atoms with Gasteiger partial charge < -0.3 is 9.47 Å². The molecule has 26 heavy (non-hydrogen) atoms. The highest BCUT2D eigenvalue weighted by molar-refractivity contribution is 7.89. The Kier molecular flexibility index (Phi) is 4.42. The van der Waals surface area contributed by atoms with E-state index in [0.29, 0.717) is 37.0 Å². The topological polar surface area (TPSA) is 81.6 Å². The van der Waals surface area contributed by atoms with Crippen molar-refractivity contribution in [2.75, 3.05) is 19.7 Å². The molecular formula is C18H21N3O4S. The first-order valence-electron chi connectivity index (χ1n) is 8.61. The third-order valence-electron chi connectivity index (χ3n) is 4.85. The summed E-state index contributed by atoms with van der Waals surface area (Å²) < 4.78 is 38.7. The number of ether oxygens (including phenoxy) is 2. The lowest BCUT2D eigenvalue weighted by Crippen LogP contribution is -2.67. The first kappa shape index (κ1) is 17.4. The molecule has 2 aromatic rings. The van der Waals surface area contributed by atoms with Gasteiger partial charge >= 0.3 is 6.01 Å². The molecule has 1 aromatic carbocycles. The lowest BCUT2D eigenvalue weighted by molar-refractivity contribution is -0.165. The molecule has 8 heteroatoms. The SMILES string of the molecule is Cc1ccc(S(=O)(=O)N2CC3(C[C@@H](Oc4ncccn4)CCO3)C2)cc1. The molecule has 7 nitrogen and oxygen atoms in total. The van der Waals surface area contributed by atoms with Crippen molar-refractivity contribution in [2.45, 2.75) is 36.4 Å². The van der Waals surface area contributed by atoms with Crippen LogP contribution < -0.4 is 4.74 Å². The Balaban J connectivity index is 1.41. The van der Waals surface area contributed by atoms with Crippen LogP contribution >= 0.6 is 0 Å². The molecule has 1 aromatic heterocycles. The molecule has 1 atom stereocenters. The lowest BCUT2D eigenvalue weighted by atomic mass is 9.86. The fourth-order valence-corrected chi connectivity index (χ4v) is 5.01. The van der Waals surface area contributed by atoms with Gasteiger partial charge in [0.25, 0.3) is 0 Å². The van der Waals surface area contributed by atoms with Crippen molar-refractivity contribution in [3.05, 3.63) is 48.3 Å². The van der Waals surface area contributed by atoms with Crippen molar-refractivity contribution in [3.63, 3.8) is 0 Å². The van der Waals surface area contributed by atoms with Crippen molar-refractivity contribution in [2.24, 2.45) is 0 Å². The largest absolute Gasteiger partial charge is 0.460 e. The molecular weight excluding hydrogens is 354 g/mol. The molecule has 0 saturated carbocycles. The standard InChI is InChI=1S/C18H21N3O4S/c1-14-3-5-16(6-4-14)26(22,23)21-12-18(13-21)11-15(7-10-24-18)25-17-19-8-2-9-20-17/h2-6,8-9,15H,7,10-13H2,1H3/t15-/m0/s1. The van der Waals surface area contributed by atoms with Crippen molar-refractivity contribution < 1.29 is 17.9 Å². The van der Waals surface area contributed by atoms with Crippen LogP contribution in [0, 0.1) is 6.92 Å². The molecule has 2 fully saturated rings. The van der Waals surface area contributed by atoms with E-state index in [4.69, 9.17) is 9.47 Å².